The third kappa shape index (κ3) is 1.53. The first-order valence-corrected chi connectivity index (χ1v) is 6.69. The number of fused-ring (bicyclic) bond motifs is 1. The third-order valence-corrected chi connectivity index (χ3v) is 4.32. The maximum atomic E-state index is 12.2. The van der Waals surface area contributed by atoms with Crippen LogP contribution in [-0.4, -0.2) is 13.7 Å². The largest absolute Gasteiger partial charge is 0.337 e. The molecule has 0 atom stereocenters. The topological polar surface area (TPSA) is 48.9 Å². The van der Waals surface area contributed by atoms with Crippen LogP contribution in [0.15, 0.2) is 33.2 Å². The summed E-state index contributed by atoms with van der Waals surface area (Å²) in [5.74, 6) is 0. The molecule has 0 bridgehead atoms. The van der Waals surface area contributed by atoms with Crippen LogP contribution < -0.4 is 11.2 Å². The summed E-state index contributed by atoms with van der Waals surface area (Å²) in [5, 5.41) is 1.99. The van der Waals surface area contributed by atoms with E-state index in [9.17, 15) is 9.59 Å². The molecule has 0 aliphatic heterocycles. The van der Waals surface area contributed by atoms with Crippen molar-refractivity contribution in [1.29, 1.82) is 0 Å². The molecule has 0 saturated carbocycles. The summed E-state index contributed by atoms with van der Waals surface area (Å²) in [7, 11) is 5.04. The first-order valence-electron chi connectivity index (χ1n) is 5.81. The van der Waals surface area contributed by atoms with Gasteiger partial charge in [0.1, 0.15) is 5.52 Å². The molecule has 0 unspecified atom stereocenters. The smallest absolute Gasteiger partial charge is 0.331 e. The van der Waals surface area contributed by atoms with Crippen LogP contribution >= 0.6 is 11.3 Å². The molecular formula is C13H13N3O2S. The Kier molecular flexibility index (Phi) is 2.50. The van der Waals surface area contributed by atoms with Gasteiger partial charge in [0.15, 0.2) is 0 Å². The zero-order valence-corrected chi connectivity index (χ0v) is 11.7. The molecule has 0 fully saturated rings. The Morgan fingerprint density at radius 2 is 1.79 bits per heavy atom. The van der Waals surface area contributed by atoms with Gasteiger partial charge >= 0.3 is 5.69 Å². The lowest BCUT2D eigenvalue weighted by Crippen LogP contribution is -2.37. The van der Waals surface area contributed by atoms with Crippen LogP contribution in [0.4, 0.5) is 0 Å². The summed E-state index contributed by atoms with van der Waals surface area (Å²) in [6.45, 7) is 0. The molecule has 3 aromatic rings. The van der Waals surface area contributed by atoms with Crippen molar-refractivity contribution in [1.82, 2.24) is 13.7 Å². The van der Waals surface area contributed by atoms with Crippen LogP contribution in [0.2, 0.25) is 0 Å². The van der Waals surface area contributed by atoms with Crippen molar-refractivity contribution in [2.24, 2.45) is 21.1 Å². The van der Waals surface area contributed by atoms with E-state index in [-0.39, 0.29) is 11.2 Å². The molecule has 6 heteroatoms. The quantitative estimate of drug-likeness (QED) is 0.672. The molecular weight excluding hydrogens is 262 g/mol. The monoisotopic (exact) mass is 275 g/mol. The molecule has 0 aliphatic rings. The van der Waals surface area contributed by atoms with E-state index in [1.165, 1.54) is 11.6 Å². The van der Waals surface area contributed by atoms with Gasteiger partial charge in [-0.3, -0.25) is 13.9 Å². The Morgan fingerprint density at radius 3 is 2.42 bits per heavy atom. The Labute approximate surface area is 113 Å². The van der Waals surface area contributed by atoms with Crippen LogP contribution in [-0.2, 0) is 21.1 Å². The lowest BCUT2D eigenvalue weighted by atomic mass is 10.3. The van der Waals surface area contributed by atoms with Crippen molar-refractivity contribution >= 4 is 22.4 Å². The van der Waals surface area contributed by atoms with Crippen LogP contribution in [0.25, 0.3) is 21.6 Å². The van der Waals surface area contributed by atoms with Gasteiger partial charge in [0.2, 0.25) is 0 Å². The molecule has 98 valence electrons. The highest BCUT2D eigenvalue weighted by atomic mass is 32.1. The van der Waals surface area contributed by atoms with Crippen LogP contribution in [0, 0.1) is 0 Å². The summed E-state index contributed by atoms with van der Waals surface area (Å²) in [5.41, 5.74) is 1.60. The predicted octanol–water partition coefficient (Wildman–Crippen LogP) is 1.30. The summed E-state index contributed by atoms with van der Waals surface area (Å²) in [6, 6.07) is 5.86. The number of thiophene rings is 1. The first-order chi connectivity index (χ1) is 9.02. The average Bonchev–Trinajstić information content (AvgIpc) is 3.01. The highest BCUT2D eigenvalue weighted by molar-refractivity contribution is 7.13. The van der Waals surface area contributed by atoms with E-state index < -0.39 is 0 Å². The molecule has 0 spiro atoms. The fourth-order valence-corrected chi connectivity index (χ4v) is 3.11. The molecule has 19 heavy (non-hydrogen) atoms. The van der Waals surface area contributed by atoms with Gasteiger partial charge in [0.05, 0.1) is 16.1 Å². The van der Waals surface area contributed by atoms with Crippen LogP contribution in [0.1, 0.15) is 0 Å². The molecule has 3 heterocycles. The standard InChI is InChI=1S/C13H13N3O2S/c1-14-8(10-5-4-6-19-10)7-9-11(14)12(17)16(3)13(18)15(9)2/h4-7H,1-3H3. The van der Waals surface area contributed by atoms with Crippen molar-refractivity contribution in [3.05, 3.63) is 44.4 Å². The average molecular weight is 275 g/mol. The molecule has 0 aromatic carbocycles. The highest BCUT2D eigenvalue weighted by Crippen LogP contribution is 2.28. The second-order valence-corrected chi connectivity index (χ2v) is 5.45. The van der Waals surface area contributed by atoms with Crippen LogP contribution in [0.3, 0.4) is 0 Å². The summed E-state index contributed by atoms with van der Waals surface area (Å²) in [6.07, 6.45) is 0. The van der Waals surface area contributed by atoms with Gasteiger partial charge in [0, 0.05) is 21.1 Å². The van der Waals surface area contributed by atoms with E-state index in [0.29, 0.717) is 11.0 Å². The van der Waals surface area contributed by atoms with Crippen LogP contribution in [0.5, 0.6) is 0 Å². The fraction of sp³-hybridized carbons (Fsp3) is 0.231. The second kappa shape index (κ2) is 3.96. The Hall–Kier alpha value is -2.08. The summed E-state index contributed by atoms with van der Waals surface area (Å²) in [4.78, 5) is 25.2. The maximum Gasteiger partial charge on any atom is 0.331 e. The van der Waals surface area contributed by atoms with Crippen molar-refractivity contribution in [2.45, 2.75) is 0 Å². The lowest BCUT2D eigenvalue weighted by Gasteiger charge is -2.05. The predicted molar refractivity (Wildman–Crippen MR) is 76.7 cm³/mol. The Balaban J connectivity index is 2.53. The van der Waals surface area contributed by atoms with Gasteiger partial charge in [-0.25, -0.2) is 4.79 Å². The minimum absolute atomic E-state index is 0.261. The van der Waals surface area contributed by atoms with E-state index in [4.69, 9.17) is 0 Å². The zero-order chi connectivity index (χ0) is 13.7. The Bertz CT molecular complexity index is 881. The van der Waals surface area contributed by atoms with E-state index in [0.717, 1.165) is 15.1 Å². The molecule has 0 aliphatic carbocycles. The Morgan fingerprint density at radius 1 is 1.05 bits per heavy atom. The number of nitrogens with zero attached hydrogens (tertiary/aromatic N) is 3. The first kappa shape index (κ1) is 12.0. The molecule has 3 rings (SSSR count). The van der Waals surface area contributed by atoms with E-state index >= 15 is 0 Å². The SMILES string of the molecule is Cn1c(=O)c2c(cc(-c3cccs3)n2C)n(C)c1=O. The number of aryl methyl sites for hydroxylation is 2. The minimum Gasteiger partial charge on any atom is -0.337 e. The van der Waals surface area contributed by atoms with E-state index in [1.807, 2.05) is 35.2 Å². The van der Waals surface area contributed by atoms with Crippen molar-refractivity contribution in [3.63, 3.8) is 0 Å². The zero-order valence-electron chi connectivity index (χ0n) is 10.9. The van der Waals surface area contributed by atoms with Gasteiger partial charge < -0.3 is 4.57 Å². The summed E-state index contributed by atoms with van der Waals surface area (Å²) >= 11 is 1.61. The normalized spacial score (nSPS) is 11.3. The van der Waals surface area contributed by atoms with Gasteiger partial charge in [-0.05, 0) is 17.5 Å². The van der Waals surface area contributed by atoms with E-state index in [1.54, 1.807) is 18.4 Å². The fourth-order valence-electron chi connectivity index (χ4n) is 2.33. The molecule has 0 saturated heterocycles. The highest BCUT2D eigenvalue weighted by Gasteiger charge is 2.16. The number of aromatic nitrogens is 3. The van der Waals surface area contributed by atoms with Gasteiger partial charge in [-0.1, -0.05) is 6.07 Å². The third-order valence-electron chi connectivity index (χ3n) is 3.43. The van der Waals surface area contributed by atoms with Gasteiger partial charge in [-0.2, -0.15) is 0 Å². The molecule has 0 N–H and O–H groups in total. The maximum absolute atomic E-state index is 12.2. The van der Waals surface area contributed by atoms with Gasteiger partial charge in [-0.15, -0.1) is 11.3 Å². The minimum atomic E-state index is -0.305. The summed E-state index contributed by atoms with van der Waals surface area (Å²) < 4.78 is 4.50. The number of hydrogen-bond acceptors (Lipinski definition) is 3. The molecule has 0 radical (unpaired) electrons. The molecule has 3 aromatic heterocycles. The second-order valence-electron chi connectivity index (χ2n) is 4.51. The number of hydrogen-bond donors (Lipinski definition) is 0. The van der Waals surface area contributed by atoms with Gasteiger partial charge in [0.25, 0.3) is 5.56 Å². The molecule has 0 amide bonds. The van der Waals surface area contributed by atoms with Crippen molar-refractivity contribution < 1.29 is 0 Å². The van der Waals surface area contributed by atoms with Crippen molar-refractivity contribution in [3.8, 4) is 10.6 Å². The van der Waals surface area contributed by atoms with E-state index in [2.05, 4.69) is 0 Å². The lowest BCUT2D eigenvalue weighted by molar-refractivity contribution is 0.708. The van der Waals surface area contributed by atoms with Crippen molar-refractivity contribution in [2.75, 3.05) is 0 Å². The number of rotatable bonds is 1. The molecule has 5 nitrogen and oxygen atoms in total.